The smallest absolute Gasteiger partial charge is 0.303 e. The van der Waals surface area contributed by atoms with Gasteiger partial charge in [0.05, 0.1) is 6.04 Å². The Morgan fingerprint density at radius 2 is 2.16 bits per heavy atom. The Hall–Kier alpha value is -1.10. The van der Waals surface area contributed by atoms with Gasteiger partial charge >= 0.3 is 5.97 Å². The SMILES string of the molecule is CC1CCNC(C(=O)N2CCCC(CC(=O)O)C2)C1. The highest BCUT2D eigenvalue weighted by molar-refractivity contribution is 5.82. The van der Waals surface area contributed by atoms with E-state index in [2.05, 4.69) is 12.2 Å². The van der Waals surface area contributed by atoms with Crippen molar-refractivity contribution in [3.63, 3.8) is 0 Å². The lowest BCUT2D eigenvalue weighted by molar-refractivity contribution is -0.141. The van der Waals surface area contributed by atoms with Crippen molar-refractivity contribution in [3.05, 3.63) is 0 Å². The third kappa shape index (κ3) is 3.93. The fourth-order valence-electron chi connectivity index (χ4n) is 3.19. The van der Waals surface area contributed by atoms with Crippen molar-refractivity contribution in [2.45, 2.75) is 45.1 Å². The molecule has 3 unspecified atom stereocenters. The van der Waals surface area contributed by atoms with Crippen LogP contribution in [0.15, 0.2) is 0 Å². The third-order valence-electron chi connectivity index (χ3n) is 4.26. The first-order valence-electron chi connectivity index (χ1n) is 7.30. The number of hydrogen-bond donors (Lipinski definition) is 2. The van der Waals surface area contributed by atoms with Crippen LogP contribution in [0.25, 0.3) is 0 Å². The van der Waals surface area contributed by atoms with Crippen LogP contribution >= 0.6 is 0 Å². The summed E-state index contributed by atoms with van der Waals surface area (Å²) in [7, 11) is 0. The first kappa shape index (κ1) is 14.3. The molecule has 5 nitrogen and oxygen atoms in total. The van der Waals surface area contributed by atoms with Crippen LogP contribution in [0.5, 0.6) is 0 Å². The summed E-state index contributed by atoms with van der Waals surface area (Å²) in [5.41, 5.74) is 0. The minimum Gasteiger partial charge on any atom is -0.481 e. The van der Waals surface area contributed by atoms with Gasteiger partial charge < -0.3 is 15.3 Å². The Kier molecular flexibility index (Phi) is 4.80. The predicted octanol–water partition coefficient (Wildman–Crippen LogP) is 1.09. The number of carbonyl (C=O) groups is 2. The molecule has 2 rings (SSSR count). The molecular weight excluding hydrogens is 244 g/mol. The van der Waals surface area contributed by atoms with Crippen LogP contribution < -0.4 is 5.32 Å². The Morgan fingerprint density at radius 1 is 1.37 bits per heavy atom. The highest BCUT2D eigenvalue weighted by atomic mass is 16.4. The molecule has 2 aliphatic rings. The lowest BCUT2D eigenvalue weighted by Crippen LogP contribution is -2.52. The van der Waals surface area contributed by atoms with E-state index in [0.717, 1.165) is 38.8 Å². The van der Waals surface area contributed by atoms with Gasteiger partial charge in [-0.15, -0.1) is 0 Å². The van der Waals surface area contributed by atoms with Crippen molar-refractivity contribution in [1.82, 2.24) is 10.2 Å². The molecule has 0 spiro atoms. The summed E-state index contributed by atoms with van der Waals surface area (Å²) in [5.74, 6) is 0.122. The van der Waals surface area contributed by atoms with E-state index in [4.69, 9.17) is 5.11 Å². The van der Waals surface area contributed by atoms with Crippen LogP contribution in [0.2, 0.25) is 0 Å². The molecule has 3 atom stereocenters. The molecule has 2 N–H and O–H groups in total. The van der Waals surface area contributed by atoms with Gasteiger partial charge in [-0.25, -0.2) is 0 Å². The second-order valence-corrected chi connectivity index (χ2v) is 6.03. The zero-order valence-corrected chi connectivity index (χ0v) is 11.6. The Bertz CT molecular complexity index is 346. The van der Waals surface area contributed by atoms with E-state index >= 15 is 0 Å². The summed E-state index contributed by atoms with van der Waals surface area (Å²) in [6.45, 7) is 4.48. The molecule has 5 heteroatoms. The number of nitrogens with zero attached hydrogens (tertiary/aromatic N) is 1. The molecule has 2 fully saturated rings. The lowest BCUT2D eigenvalue weighted by atomic mass is 9.91. The van der Waals surface area contributed by atoms with E-state index < -0.39 is 5.97 Å². The first-order chi connectivity index (χ1) is 9.06. The topological polar surface area (TPSA) is 69.6 Å². The van der Waals surface area contributed by atoms with Gasteiger partial charge in [-0.1, -0.05) is 6.92 Å². The molecule has 2 aliphatic heterocycles. The van der Waals surface area contributed by atoms with Crippen LogP contribution in [0, 0.1) is 11.8 Å². The van der Waals surface area contributed by atoms with Crippen molar-refractivity contribution in [3.8, 4) is 0 Å². The second kappa shape index (κ2) is 6.37. The van der Waals surface area contributed by atoms with E-state index in [9.17, 15) is 9.59 Å². The summed E-state index contributed by atoms with van der Waals surface area (Å²) in [6, 6.07) is -0.0627. The van der Waals surface area contributed by atoms with Gasteiger partial charge in [0, 0.05) is 19.5 Å². The maximum Gasteiger partial charge on any atom is 0.303 e. The Balaban J connectivity index is 1.89. The molecule has 108 valence electrons. The molecule has 0 aromatic heterocycles. The number of carbonyl (C=O) groups excluding carboxylic acids is 1. The number of piperidine rings is 2. The number of amides is 1. The maximum absolute atomic E-state index is 12.4. The monoisotopic (exact) mass is 268 g/mol. The van der Waals surface area contributed by atoms with E-state index in [1.165, 1.54) is 0 Å². The molecule has 0 aromatic carbocycles. The molecule has 0 aromatic rings. The van der Waals surface area contributed by atoms with E-state index in [0.29, 0.717) is 12.5 Å². The quantitative estimate of drug-likeness (QED) is 0.804. The molecule has 0 bridgehead atoms. The average Bonchev–Trinajstić information content (AvgIpc) is 2.37. The molecule has 0 aliphatic carbocycles. The van der Waals surface area contributed by atoms with Crippen molar-refractivity contribution in [2.75, 3.05) is 19.6 Å². The van der Waals surface area contributed by atoms with Gasteiger partial charge in [-0.3, -0.25) is 9.59 Å². The highest BCUT2D eigenvalue weighted by Crippen LogP contribution is 2.22. The Labute approximate surface area is 114 Å². The number of aliphatic carboxylic acids is 1. The molecular formula is C14H24N2O3. The summed E-state index contributed by atoms with van der Waals surface area (Å²) < 4.78 is 0. The zero-order chi connectivity index (χ0) is 13.8. The third-order valence-corrected chi connectivity index (χ3v) is 4.26. The number of carboxylic acid groups (broad SMARTS) is 1. The minimum absolute atomic E-state index is 0.0627. The largest absolute Gasteiger partial charge is 0.481 e. The maximum atomic E-state index is 12.4. The van der Waals surface area contributed by atoms with Gasteiger partial charge in [0.1, 0.15) is 0 Å². The van der Waals surface area contributed by atoms with Crippen molar-refractivity contribution >= 4 is 11.9 Å². The molecule has 2 heterocycles. The number of carboxylic acids is 1. The van der Waals surface area contributed by atoms with Crippen LogP contribution in [0.3, 0.4) is 0 Å². The summed E-state index contributed by atoms with van der Waals surface area (Å²) in [4.78, 5) is 25.1. The zero-order valence-electron chi connectivity index (χ0n) is 11.6. The van der Waals surface area contributed by atoms with Gasteiger partial charge in [-0.05, 0) is 44.1 Å². The minimum atomic E-state index is -0.760. The van der Waals surface area contributed by atoms with E-state index in [-0.39, 0.29) is 24.3 Å². The second-order valence-electron chi connectivity index (χ2n) is 6.03. The Morgan fingerprint density at radius 3 is 2.84 bits per heavy atom. The van der Waals surface area contributed by atoms with Crippen molar-refractivity contribution < 1.29 is 14.7 Å². The number of likely N-dealkylation sites (tertiary alicyclic amines) is 1. The van der Waals surface area contributed by atoms with Crippen molar-refractivity contribution in [2.24, 2.45) is 11.8 Å². The summed E-state index contributed by atoms with van der Waals surface area (Å²) in [6.07, 6.45) is 4.05. The standard InChI is InChI=1S/C14H24N2O3/c1-10-4-5-15-12(7-10)14(19)16-6-2-3-11(9-16)8-13(17)18/h10-12,15H,2-9H2,1H3,(H,17,18). The predicted molar refractivity (Wildman–Crippen MR) is 71.7 cm³/mol. The molecule has 1 amide bonds. The molecule has 19 heavy (non-hydrogen) atoms. The van der Waals surface area contributed by atoms with Crippen LogP contribution in [0.4, 0.5) is 0 Å². The van der Waals surface area contributed by atoms with Gasteiger partial charge in [0.15, 0.2) is 0 Å². The fraction of sp³-hybridized carbons (Fsp3) is 0.857. The fourth-order valence-corrected chi connectivity index (χ4v) is 3.19. The van der Waals surface area contributed by atoms with E-state index in [1.807, 2.05) is 4.90 Å². The normalized spacial score (nSPS) is 32.1. The highest BCUT2D eigenvalue weighted by Gasteiger charge is 2.31. The van der Waals surface area contributed by atoms with Gasteiger partial charge in [0.2, 0.25) is 5.91 Å². The first-order valence-corrected chi connectivity index (χ1v) is 7.30. The summed E-state index contributed by atoms with van der Waals surface area (Å²) >= 11 is 0. The molecule has 0 saturated carbocycles. The van der Waals surface area contributed by atoms with Gasteiger partial charge in [-0.2, -0.15) is 0 Å². The number of nitrogens with one attached hydrogen (secondary N) is 1. The molecule has 0 radical (unpaired) electrons. The van der Waals surface area contributed by atoms with E-state index in [1.54, 1.807) is 0 Å². The summed E-state index contributed by atoms with van der Waals surface area (Å²) in [5, 5.41) is 12.2. The van der Waals surface area contributed by atoms with Crippen LogP contribution in [-0.4, -0.2) is 47.6 Å². The van der Waals surface area contributed by atoms with Crippen LogP contribution in [0.1, 0.15) is 39.0 Å². The number of rotatable bonds is 3. The number of hydrogen-bond acceptors (Lipinski definition) is 3. The van der Waals surface area contributed by atoms with Gasteiger partial charge in [0.25, 0.3) is 0 Å². The van der Waals surface area contributed by atoms with Crippen molar-refractivity contribution in [1.29, 1.82) is 0 Å². The average molecular weight is 268 g/mol. The lowest BCUT2D eigenvalue weighted by Gasteiger charge is -2.36. The molecule has 2 saturated heterocycles. The van der Waals surface area contributed by atoms with Crippen LogP contribution in [-0.2, 0) is 9.59 Å².